The Morgan fingerprint density at radius 3 is 2.67 bits per heavy atom. The van der Waals surface area contributed by atoms with Crippen LogP contribution in [0.15, 0.2) is 35.6 Å². The van der Waals surface area contributed by atoms with Crippen molar-refractivity contribution in [1.82, 2.24) is 9.55 Å². The SMILES string of the molecule is C/C=C\C=NC.CCn1cnc2c([N+](=O)[O-])c(C)ccc21. The summed E-state index contributed by atoms with van der Waals surface area (Å²) < 4.78 is 1.89. The number of hydrogen-bond acceptors (Lipinski definition) is 4. The molecule has 21 heavy (non-hydrogen) atoms. The number of aryl methyl sites for hydroxylation is 2. The summed E-state index contributed by atoms with van der Waals surface area (Å²) in [6.07, 6.45) is 7.21. The lowest BCUT2D eigenvalue weighted by Gasteiger charge is -2.00. The van der Waals surface area contributed by atoms with Gasteiger partial charge in [0.05, 0.1) is 16.8 Å². The van der Waals surface area contributed by atoms with Gasteiger partial charge in [0.1, 0.15) is 0 Å². The van der Waals surface area contributed by atoms with Gasteiger partial charge in [-0.1, -0.05) is 12.1 Å². The number of rotatable bonds is 3. The summed E-state index contributed by atoms with van der Waals surface area (Å²) in [5.74, 6) is 0. The van der Waals surface area contributed by atoms with Gasteiger partial charge in [0.25, 0.3) is 5.69 Å². The van der Waals surface area contributed by atoms with Crippen LogP contribution < -0.4 is 0 Å². The second kappa shape index (κ2) is 7.94. The van der Waals surface area contributed by atoms with Gasteiger partial charge in [0.15, 0.2) is 5.52 Å². The molecule has 2 aromatic rings. The highest BCUT2D eigenvalue weighted by molar-refractivity contribution is 5.86. The van der Waals surface area contributed by atoms with Crippen molar-refractivity contribution in [3.63, 3.8) is 0 Å². The van der Waals surface area contributed by atoms with Crippen LogP contribution in [0.25, 0.3) is 11.0 Å². The molecule has 0 saturated carbocycles. The molecule has 1 heterocycles. The average molecular weight is 288 g/mol. The van der Waals surface area contributed by atoms with Crippen molar-refractivity contribution >= 4 is 22.9 Å². The van der Waals surface area contributed by atoms with Crippen LogP contribution in [0.3, 0.4) is 0 Å². The first-order valence-electron chi connectivity index (χ1n) is 6.69. The molecule has 0 saturated heterocycles. The van der Waals surface area contributed by atoms with Crippen LogP contribution in [0.2, 0.25) is 0 Å². The van der Waals surface area contributed by atoms with Gasteiger partial charge in [-0.2, -0.15) is 0 Å². The van der Waals surface area contributed by atoms with Crippen molar-refractivity contribution in [2.75, 3.05) is 7.05 Å². The van der Waals surface area contributed by atoms with E-state index in [0.717, 1.165) is 12.1 Å². The summed E-state index contributed by atoms with van der Waals surface area (Å²) in [5, 5.41) is 10.9. The van der Waals surface area contributed by atoms with E-state index in [9.17, 15) is 10.1 Å². The zero-order chi connectivity index (χ0) is 15.8. The van der Waals surface area contributed by atoms with Crippen molar-refractivity contribution in [2.45, 2.75) is 27.3 Å². The summed E-state index contributed by atoms with van der Waals surface area (Å²) in [4.78, 5) is 18.3. The molecule has 6 heteroatoms. The summed E-state index contributed by atoms with van der Waals surface area (Å²) in [6.45, 7) is 6.42. The van der Waals surface area contributed by atoms with Crippen molar-refractivity contribution in [3.8, 4) is 0 Å². The van der Waals surface area contributed by atoms with E-state index in [1.807, 2.05) is 36.6 Å². The molecule has 0 bridgehead atoms. The third-order valence-corrected chi connectivity index (χ3v) is 2.92. The van der Waals surface area contributed by atoms with E-state index in [0.29, 0.717) is 11.1 Å². The quantitative estimate of drug-likeness (QED) is 0.492. The average Bonchev–Trinajstić information content (AvgIpc) is 2.87. The molecule has 6 nitrogen and oxygen atoms in total. The molecule has 1 aromatic carbocycles. The topological polar surface area (TPSA) is 73.3 Å². The molecule has 0 fully saturated rings. The van der Waals surface area contributed by atoms with Gasteiger partial charge in [0.2, 0.25) is 0 Å². The fraction of sp³-hybridized carbons (Fsp3) is 0.333. The minimum Gasteiger partial charge on any atom is -0.331 e. The van der Waals surface area contributed by atoms with Gasteiger partial charge < -0.3 is 4.57 Å². The van der Waals surface area contributed by atoms with Crippen LogP contribution in [0.1, 0.15) is 19.4 Å². The highest BCUT2D eigenvalue weighted by Gasteiger charge is 2.18. The summed E-state index contributed by atoms with van der Waals surface area (Å²) in [7, 11) is 1.75. The molecule has 0 atom stereocenters. The van der Waals surface area contributed by atoms with Gasteiger partial charge in [-0.15, -0.1) is 0 Å². The van der Waals surface area contributed by atoms with E-state index in [-0.39, 0.29) is 10.6 Å². The molecule has 1 aromatic heterocycles. The predicted octanol–water partition coefficient (Wildman–Crippen LogP) is 3.54. The van der Waals surface area contributed by atoms with Crippen molar-refractivity contribution in [1.29, 1.82) is 0 Å². The second-order valence-corrected chi connectivity index (χ2v) is 4.32. The largest absolute Gasteiger partial charge is 0.331 e. The van der Waals surface area contributed by atoms with Gasteiger partial charge in [-0.25, -0.2) is 4.98 Å². The highest BCUT2D eigenvalue weighted by atomic mass is 16.6. The first-order chi connectivity index (χ1) is 10.1. The molecule has 0 radical (unpaired) electrons. The van der Waals surface area contributed by atoms with E-state index in [1.54, 1.807) is 32.6 Å². The Morgan fingerprint density at radius 2 is 2.19 bits per heavy atom. The van der Waals surface area contributed by atoms with Crippen molar-refractivity contribution in [2.24, 2.45) is 4.99 Å². The predicted molar refractivity (Wildman–Crippen MR) is 86.0 cm³/mol. The molecule has 0 unspecified atom stereocenters. The first-order valence-corrected chi connectivity index (χ1v) is 6.69. The molecule has 0 aliphatic rings. The first kappa shape index (κ1) is 16.6. The van der Waals surface area contributed by atoms with Crippen LogP contribution in [0, 0.1) is 17.0 Å². The molecular weight excluding hydrogens is 268 g/mol. The number of fused-ring (bicyclic) bond motifs is 1. The maximum atomic E-state index is 10.9. The van der Waals surface area contributed by atoms with Gasteiger partial charge >= 0.3 is 0 Å². The van der Waals surface area contributed by atoms with E-state index in [4.69, 9.17) is 0 Å². The van der Waals surface area contributed by atoms with E-state index >= 15 is 0 Å². The van der Waals surface area contributed by atoms with Gasteiger partial charge in [-0.3, -0.25) is 15.1 Å². The lowest BCUT2D eigenvalue weighted by Crippen LogP contribution is -1.95. The molecule has 0 spiro atoms. The Hall–Kier alpha value is -2.50. The fourth-order valence-electron chi connectivity index (χ4n) is 1.87. The standard InChI is InChI=1S/C10H11N3O2.C5H9N/c1-3-12-6-11-9-8(12)5-4-7(2)10(9)13(14)15;1-3-4-5-6-2/h4-6H,3H2,1-2H3;3-5H,1-2H3/b;4-3-,6-5?. The number of allylic oxidation sites excluding steroid dienone is 2. The number of hydrogen-bond donors (Lipinski definition) is 0. The smallest absolute Gasteiger partial charge is 0.299 e. The van der Waals surface area contributed by atoms with E-state index < -0.39 is 0 Å². The summed E-state index contributed by atoms with van der Waals surface area (Å²) >= 11 is 0. The normalized spacial score (nSPS) is 11.0. The van der Waals surface area contributed by atoms with Crippen LogP contribution in [0.5, 0.6) is 0 Å². The fourth-order valence-corrected chi connectivity index (χ4v) is 1.87. The maximum absolute atomic E-state index is 10.9. The Kier molecular flexibility index (Phi) is 6.26. The second-order valence-electron chi connectivity index (χ2n) is 4.32. The van der Waals surface area contributed by atoms with Crippen molar-refractivity contribution < 1.29 is 4.92 Å². The van der Waals surface area contributed by atoms with Crippen LogP contribution >= 0.6 is 0 Å². The van der Waals surface area contributed by atoms with Gasteiger partial charge in [-0.05, 0) is 32.9 Å². The molecule has 0 aliphatic heterocycles. The molecule has 112 valence electrons. The zero-order valence-corrected chi connectivity index (χ0v) is 12.8. The third-order valence-electron chi connectivity index (χ3n) is 2.92. The zero-order valence-electron chi connectivity index (χ0n) is 12.8. The number of nitrogens with zero attached hydrogens (tertiary/aromatic N) is 4. The lowest BCUT2D eigenvalue weighted by molar-refractivity contribution is -0.383. The van der Waals surface area contributed by atoms with Crippen molar-refractivity contribution in [3.05, 3.63) is 46.3 Å². The molecule has 2 rings (SSSR count). The molecular formula is C15H20N4O2. The molecule has 0 aliphatic carbocycles. The number of aliphatic imine (C=N–C) groups is 1. The summed E-state index contributed by atoms with van der Waals surface area (Å²) in [6, 6.07) is 3.63. The Labute approximate surface area is 124 Å². The molecule has 0 N–H and O–H groups in total. The van der Waals surface area contributed by atoms with Crippen LogP contribution in [-0.4, -0.2) is 27.7 Å². The Bertz CT molecular complexity index is 662. The third kappa shape index (κ3) is 3.98. The number of benzene rings is 1. The van der Waals surface area contributed by atoms with E-state index in [1.165, 1.54) is 0 Å². The van der Waals surface area contributed by atoms with Crippen LogP contribution in [0.4, 0.5) is 5.69 Å². The number of nitro benzene ring substituents is 1. The summed E-state index contributed by atoms with van der Waals surface area (Å²) in [5.41, 5.74) is 2.05. The number of aromatic nitrogens is 2. The molecule has 0 amide bonds. The minimum atomic E-state index is -0.370. The Morgan fingerprint density at radius 1 is 1.48 bits per heavy atom. The Balaban J connectivity index is 0.000000315. The highest BCUT2D eigenvalue weighted by Crippen LogP contribution is 2.27. The lowest BCUT2D eigenvalue weighted by atomic mass is 10.2. The van der Waals surface area contributed by atoms with Crippen LogP contribution in [-0.2, 0) is 6.54 Å². The number of nitro groups is 1. The monoisotopic (exact) mass is 288 g/mol. The minimum absolute atomic E-state index is 0.111. The maximum Gasteiger partial charge on any atom is 0.299 e. The van der Waals surface area contributed by atoms with E-state index in [2.05, 4.69) is 9.98 Å². The number of imidazole rings is 1. The van der Waals surface area contributed by atoms with Gasteiger partial charge in [0, 0.05) is 25.4 Å².